The molecule has 6 heteroatoms. The second kappa shape index (κ2) is 5.92. The molecule has 1 unspecified atom stereocenters. The van der Waals surface area contributed by atoms with Crippen LogP contribution in [0.2, 0.25) is 5.02 Å². The molecular weight excluding hydrogens is 346 g/mol. The highest BCUT2D eigenvalue weighted by atomic mass is 79.9. The number of morpholine rings is 1. The van der Waals surface area contributed by atoms with Crippen LogP contribution in [0.5, 0.6) is 5.75 Å². The van der Waals surface area contributed by atoms with Crippen molar-refractivity contribution in [1.82, 2.24) is 4.90 Å². The zero-order chi connectivity index (χ0) is 14.9. The number of rotatable bonds is 2. The van der Waals surface area contributed by atoms with Crippen LogP contribution in [-0.4, -0.2) is 46.0 Å². The Bertz CT molecular complexity index is 521. The Kier molecular flexibility index (Phi) is 4.62. The van der Waals surface area contributed by atoms with Crippen LogP contribution in [0.25, 0.3) is 0 Å². The van der Waals surface area contributed by atoms with E-state index in [4.69, 9.17) is 16.3 Å². The largest absolute Gasteiger partial charge is 0.507 e. The molecule has 1 atom stereocenters. The third-order valence-electron chi connectivity index (χ3n) is 3.13. The minimum atomic E-state index is -0.408. The van der Waals surface area contributed by atoms with Crippen LogP contribution in [0.3, 0.4) is 0 Å². The van der Waals surface area contributed by atoms with Crippen molar-refractivity contribution in [3.05, 3.63) is 28.8 Å². The number of nitrogens with zero attached hydrogens (tertiary/aromatic N) is 1. The van der Waals surface area contributed by atoms with E-state index < -0.39 is 5.60 Å². The van der Waals surface area contributed by atoms with Gasteiger partial charge in [0.15, 0.2) is 0 Å². The Morgan fingerprint density at radius 3 is 2.90 bits per heavy atom. The lowest BCUT2D eigenvalue weighted by molar-refractivity contribution is -0.116. The fourth-order valence-electron chi connectivity index (χ4n) is 2.39. The summed E-state index contributed by atoms with van der Waals surface area (Å²) >= 11 is 9.18. The molecule has 1 aromatic carbocycles. The summed E-state index contributed by atoms with van der Waals surface area (Å²) in [5, 5.41) is 10.9. The van der Waals surface area contributed by atoms with Crippen LogP contribution < -0.4 is 0 Å². The molecule has 1 N–H and O–H groups in total. The number of alkyl halides is 1. The Labute approximate surface area is 131 Å². The number of hydrogen-bond acceptors (Lipinski definition) is 3. The summed E-state index contributed by atoms with van der Waals surface area (Å²) in [5.41, 5.74) is -0.144. The van der Waals surface area contributed by atoms with Gasteiger partial charge in [-0.2, -0.15) is 0 Å². The second-order valence-corrected chi connectivity index (χ2v) is 6.58. The quantitative estimate of drug-likeness (QED) is 0.823. The van der Waals surface area contributed by atoms with Crippen molar-refractivity contribution in [1.29, 1.82) is 0 Å². The molecule has 0 aliphatic carbocycles. The Morgan fingerprint density at radius 1 is 1.60 bits per heavy atom. The van der Waals surface area contributed by atoms with Crippen LogP contribution in [0.15, 0.2) is 18.2 Å². The standard InChI is InChI=1S/C14H17BrClNO3/c1-14(2)8-17(7-10(6-15)20-14)13(19)11-4-3-9(16)5-12(11)18/h3-5,10,18H,6-8H2,1-2H3. The number of carbonyl (C=O) groups excluding carboxylic acids is 1. The zero-order valence-corrected chi connectivity index (χ0v) is 13.7. The molecule has 0 aromatic heterocycles. The summed E-state index contributed by atoms with van der Waals surface area (Å²) in [6.45, 7) is 4.88. The lowest BCUT2D eigenvalue weighted by Gasteiger charge is -2.42. The average Bonchev–Trinajstić information content (AvgIpc) is 2.36. The van der Waals surface area contributed by atoms with E-state index in [1.54, 1.807) is 17.0 Å². The third-order valence-corrected chi connectivity index (χ3v) is 4.09. The number of phenols is 1. The number of aromatic hydroxyl groups is 1. The summed E-state index contributed by atoms with van der Waals surface area (Å²) in [6.07, 6.45) is -0.0582. The number of benzene rings is 1. The minimum Gasteiger partial charge on any atom is -0.507 e. The van der Waals surface area contributed by atoms with Gasteiger partial charge in [-0.05, 0) is 32.0 Å². The van der Waals surface area contributed by atoms with Crippen molar-refractivity contribution in [2.45, 2.75) is 25.6 Å². The number of carbonyl (C=O) groups is 1. The highest BCUT2D eigenvalue weighted by molar-refractivity contribution is 9.09. The number of halogens is 2. The number of amides is 1. The van der Waals surface area contributed by atoms with Crippen LogP contribution in [-0.2, 0) is 4.74 Å². The van der Waals surface area contributed by atoms with Gasteiger partial charge in [0.25, 0.3) is 5.91 Å². The molecule has 1 amide bonds. The van der Waals surface area contributed by atoms with E-state index >= 15 is 0 Å². The normalized spacial score (nSPS) is 21.8. The van der Waals surface area contributed by atoms with Gasteiger partial charge in [-0.15, -0.1) is 0 Å². The summed E-state index contributed by atoms with van der Waals surface area (Å²) < 4.78 is 5.86. The molecule has 1 fully saturated rings. The molecule has 20 heavy (non-hydrogen) atoms. The molecule has 4 nitrogen and oxygen atoms in total. The van der Waals surface area contributed by atoms with E-state index in [0.29, 0.717) is 23.4 Å². The van der Waals surface area contributed by atoms with Crippen molar-refractivity contribution >= 4 is 33.4 Å². The first-order chi connectivity index (χ1) is 9.32. The number of phenolic OH excluding ortho intramolecular Hbond substituents is 1. The summed E-state index contributed by atoms with van der Waals surface area (Å²) in [5.74, 6) is -0.302. The Morgan fingerprint density at radius 2 is 2.30 bits per heavy atom. The summed E-state index contributed by atoms with van der Waals surface area (Å²) in [6, 6.07) is 4.52. The van der Waals surface area contributed by atoms with Gasteiger partial charge >= 0.3 is 0 Å². The van der Waals surface area contributed by atoms with Crippen molar-refractivity contribution in [2.75, 3.05) is 18.4 Å². The Hall–Kier alpha value is -0.780. The van der Waals surface area contributed by atoms with E-state index in [2.05, 4.69) is 15.9 Å². The van der Waals surface area contributed by atoms with Crippen LogP contribution in [0.1, 0.15) is 24.2 Å². The van der Waals surface area contributed by atoms with Crippen molar-refractivity contribution in [3.8, 4) is 5.75 Å². The first-order valence-electron chi connectivity index (χ1n) is 6.34. The van der Waals surface area contributed by atoms with Crippen molar-refractivity contribution < 1.29 is 14.6 Å². The number of hydrogen-bond donors (Lipinski definition) is 1. The Balaban J connectivity index is 2.23. The fourth-order valence-corrected chi connectivity index (χ4v) is 2.89. The molecule has 1 aliphatic heterocycles. The molecule has 2 rings (SSSR count). The van der Waals surface area contributed by atoms with E-state index in [-0.39, 0.29) is 23.3 Å². The van der Waals surface area contributed by atoms with E-state index in [9.17, 15) is 9.90 Å². The molecule has 0 saturated carbocycles. The molecule has 0 radical (unpaired) electrons. The molecule has 0 bridgehead atoms. The van der Waals surface area contributed by atoms with Crippen molar-refractivity contribution in [3.63, 3.8) is 0 Å². The minimum absolute atomic E-state index is 0.0582. The molecule has 1 aromatic rings. The second-order valence-electron chi connectivity index (χ2n) is 5.50. The monoisotopic (exact) mass is 361 g/mol. The first-order valence-corrected chi connectivity index (χ1v) is 7.84. The average molecular weight is 363 g/mol. The smallest absolute Gasteiger partial charge is 0.257 e. The lowest BCUT2D eigenvalue weighted by Crippen LogP contribution is -2.55. The van der Waals surface area contributed by atoms with Gasteiger partial charge in [0.05, 0.1) is 17.3 Å². The predicted molar refractivity (Wildman–Crippen MR) is 81.8 cm³/mol. The van der Waals surface area contributed by atoms with Crippen LogP contribution >= 0.6 is 27.5 Å². The van der Waals surface area contributed by atoms with Gasteiger partial charge in [-0.25, -0.2) is 0 Å². The van der Waals surface area contributed by atoms with Gasteiger partial charge in [-0.1, -0.05) is 27.5 Å². The third kappa shape index (κ3) is 3.45. The van der Waals surface area contributed by atoms with E-state index in [0.717, 1.165) is 0 Å². The van der Waals surface area contributed by atoms with Gasteiger partial charge in [0.1, 0.15) is 5.75 Å². The maximum Gasteiger partial charge on any atom is 0.257 e. The van der Waals surface area contributed by atoms with Crippen molar-refractivity contribution in [2.24, 2.45) is 0 Å². The zero-order valence-electron chi connectivity index (χ0n) is 11.4. The highest BCUT2D eigenvalue weighted by Gasteiger charge is 2.36. The topological polar surface area (TPSA) is 49.8 Å². The molecule has 110 valence electrons. The molecule has 1 aliphatic rings. The first kappa shape index (κ1) is 15.6. The van der Waals surface area contributed by atoms with Gasteiger partial charge in [-0.3, -0.25) is 4.79 Å². The van der Waals surface area contributed by atoms with E-state index in [1.165, 1.54) is 6.07 Å². The number of ether oxygens (including phenoxy) is 1. The maximum absolute atomic E-state index is 12.5. The van der Waals surface area contributed by atoms with Crippen LogP contribution in [0.4, 0.5) is 0 Å². The van der Waals surface area contributed by atoms with E-state index in [1.807, 2.05) is 13.8 Å². The molecule has 0 spiro atoms. The molecular formula is C14H17BrClNO3. The summed E-state index contributed by atoms with van der Waals surface area (Å²) in [4.78, 5) is 14.2. The highest BCUT2D eigenvalue weighted by Crippen LogP contribution is 2.27. The fraction of sp³-hybridized carbons (Fsp3) is 0.500. The predicted octanol–water partition coefficient (Wildman–Crippen LogP) is 3.06. The van der Waals surface area contributed by atoms with Gasteiger partial charge in [0.2, 0.25) is 0 Å². The SMILES string of the molecule is CC1(C)CN(C(=O)c2ccc(Cl)cc2O)CC(CBr)O1. The van der Waals surface area contributed by atoms with Gasteiger partial charge in [0, 0.05) is 23.4 Å². The molecule has 1 heterocycles. The lowest BCUT2D eigenvalue weighted by atomic mass is 10.0. The summed E-state index contributed by atoms with van der Waals surface area (Å²) in [7, 11) is 0. The maximum atomic E-state index is 12.5. The van der Waals surface area contributed by atoms with Crippen LogP contribution in [0, 0.1) is 0 Å². The molecule has 1 saturated heterocycles. The van der Waals surface area contributed by atoms with Gasteiger partial charge < -0.3 is 14.7 Å².